The maximum Gasteiger partial charge on any atom is 0.123 e. The Morgan fingerprint density at radius 3 is 2.33 bits per heavy atom. The maximum atomic E-state index is 14.1. The minimum atomic E-state index is -0.388. The van der Waals surface area contributed by atoms with E-state index in [-0.39, 0.29) is 18.2 Å². The van der Waals surface area contributed by atoms with E-state index in [1.54, 1.807) is 12.1 Å². The zero-order chi connectivity index (χ0) is 21.2. The van der Waals surface area contributed by atoms with Crippen LogP contribution in [0, 0.1) is 23.0 Å². The Kier molecular flexibility index (Phi) is 4.07. The first-order valence-corrected chi connectivity index (χ1v) is 10.0. The van der Waals surface area contributed by atoms with Gasteiger partial charge in [-0.15, -0.1) is 0 Å². The molecular weight excluding hydrogens is 400 g/mol. The summed E-state index contributed by atoms with van der Waals surface area (Å²) >= 11 is 1.41. The third kappa shape index (κ3) is 2.46. The summed E-state index contributed by atoms with van der Waals surface area (Å²) in [6.45, 7) is 8.42. The fourth-order valence-electron chi connectivity index (χ4n) is 4.16. The lowest BCUT2D eigenvalue weighted by Crippen LogP contribution is -2.05. The van der Waals surface area contributed by atoms with E-state index in [4.69, 9.17) is 5.73 Å². The minimum Gasteiger partial charge on any atom is -0.353 e. The zero-order valence-corrected chi connectivity index (χ0v) is 16.6. The molecule has 3 aromatic rings. The van der Waals surface area contributed by atoms with Gasteiger partial charge >= 0.3 is 0 Å². The number of fused-ring (bicyclic) bond motifs is 6. The Morgan fingerprint density at radius 2 is 1.67 bits per heavy atom. The molecule has 0 radical (unpaired) electrons. The Balaban J connectivity index is 1.84. The predicted octanol–water partition coefficient (Wildman–Crippen LogP) is 5.70. The van der Waals surface area contributed by atoms with E-state index in [0.717, 1.165) is 33.0 Å². The summed E-state index contributed by atoms with van der Waals surface area (Å²) in [5.74, 6) is -0.729. The van der Waals surface area contributed by atoms with Crippen molar-refractivity contribution in [2.24, 2.45) is 5.73 Å². The molecule has 0 fully saturated rings. The van der Waals surface area contributed by atoms with Crippen molar-refractivity contribution in [3.63, 3.8) is 0 Å². The molecule has 146 valence electrons. The molecule has 0 saturated carbocycles. The smallest absolute Gasteiger partial charge is 0.123 e. The first kappa shape index (κ1) is 18.6. The molecule has 6 heteroatoms. The molecule has 0 amide bonds. The normalized spacial score (nSPS) is 15.7. The van der Waals surface area contributed by atoms with Crippen LogP contribution in [0.25, 0.3) is 27.2 Å². The van der Waals surface area contributed by atoms with Crippen LogP contribution < -0.4 is 5.73 Å². The van der Waals surface area contributed by atoms with E-state index in [1.807, 2.05) is 0 Å². The van der Waals surface area contributed by atoms with Crippen LogP contribution in [-0.4, -0.2) is 11.5 Å². The SMILES string of the molecule is C=C1Sc2c([nH]c3c2-c2ccc(F)cc2/C3=C(\C#N)CN)C(=C)c2ccc(F)cc21. The van der Waals surface area contributed by atoms with E-state index in [9.17, 15) is 14.0 Å². The lowest BCUT2D eigenvalue weighted by Gasteiger charge is -2.09. The molecule has 2 heterocycles. The molecular formula is C24H15F2N3S. The average Bonchev–Trinajstić information content (AvgIpc) is 3.20. The Morgan fingerprint density at radius 1 is 1.00 bits per heavy atom. The van der Waals surface area contributed by atoms with Gasteiger partial charge in [-0.05, 0) is 52.1 Å². The van der Waals surface area contributed by atoms with Crippen molar-refractivity contribution in [3.8, 4) is 17.2 Å². The Labute approximate surface area is 176 Å². The summed E-state index contributed by atoms with van der Waals surface area (Å²) in [5, 5.41) is 9.64. The van der Waals surface area contributed by atoms with Crippen LogP contribution in [0.2, 0.25) is 0 Å². The summed E-state index contributed by atoms with van der Waals surface area (Å²) in [4.78, 5) is 4.96. The summed E-state index contributed by atoms with van der Waals surface area (Å²) in [6.07, 6.45) is 0. The van der Waals surface area contributed by atoms with Crippen molar-refractivity contribution < 1.29 is 8.78 Å². The highest BCUT2D eigenvalue weighted by molar-refractivity contribution is 8.08. The average molecular weight is 415 g/mol. The third-order valence-corrected chi connectivity index (χ3v) is 6.58. The van der Waals surface area contributed by atoms with Crippen molar-refractivity contribution in [1.82, 2.24) is 4.98 Å². The number of aromatic nitrogens is 1. The molecule has 0 spiro atoms. The largest absolute Gasteiger partial charge is 0.353 e. The zero-order valence-electron chi connectivity index (χ0n) is 15.8. The molecule has 0 bridgehead atoms. The number of aromatic amines is 1. The van der Waals surface area contributed by atoms with Crippen molar-refractivity contribution in [2.75, 3.05) is 6.54 Å². The number of nitrogens with one attached hydrogen (secondary N) is 1. The van der Waals surface area contributed by atoms with Gasteiger partial charge in [0.15, 0.2) is 0 Å². The Hall–Kier alpha value is -3.40. The second-order valence-corrected chi connectivity index (χ2v) is 8.24. The van der Waals surface area contributed by atoms with Gasteiger partial charge in [-0.1, -0.05) is 37.1 Å². The van der Waals surface area contributed by atoms with Gasteiger partial charge in [0, 0.05) is 27.5 Å². The lowest BCUT2D eigenvalue weighted by molar-refractivity contribution is 0.627. The van der Waals surface area contributed by atoms with E-state index < -0.39 is 0 Å². The van der Waals surface area contributed by atoms with Crippen LogP contribution in [-0.2, 0) is 0 Å². The molecule has 0 unspecified atom stereocenters. The fourth-order valence-corrected chi connectivity index (χ4v) is 5.27. The second kappa shape index (κ2) is 6.56. The standard InChI is InChI=1S/C24H15F2N3S/c1-11-16-5-3-14(25)7-18(16)12(2)30-24-21-17-6-4-15(26)8-19(17)20(13(9-27)10-28)23(21)29-22(11)24/h3-8,29H,1-2,9,27H2/b20-13+. The van der Waals surface area contributed by atoms with Gasteiger partial charge in [0.25, 0.3) is 0 Å². The lowest BCUT2D eigenvalue weighted by atomic mass is 9.97. The molecule has 2 aliphatic rings. The minimum absolute atomic E-state index is 0.0355. The summed E-state index contributed by atoms with van der Waals surface area (Å²) in [5.41, 5.74) is 12.8. The molecule has 2 aromatic carbocycles. The van der Waals surface area contributed by atoms with Crippen LogP contribution in [0.4, 0.5) is 8.78 Å². The first-order chi connectivity index (χ1) is 14.4. The van der Waals surface area contributed by atoms with Gasteiger partial charge in [0.2, 0.25) is 0 Å². The number of nitrogens with two attached hydrogens (primary N) is 1. The van der Waals surface area contributed by atoms with Crippen LogP contribution in [0.1, 0.15) is 28.1 Å². The van der Waals surface area contributed by atoms with E-state index >= 15 is 0 Å². The van der Waals surface area contributed by atoms with Crippen molar-refractivity contribution in [1.29, 1.82) is 5.26 Å². The molecule has 0 atom stereocenters. The number of hydrogen-bond acceptors (Lipinski definition) is 3. The predicted molar refractivity (Wildman–Crippen MR) is 116 cm³/mol. The van der Waals surface area contributed by atoms with Crippen LogP contribution in [0.15, 0.2) is 60.0 Å². The molecule has 1 aliphatic heterocycles. The number of halogens is 2. The molecule has 0 saturated heterocycles. The van der Waals surface area contributed by atoms with Crippen LogP contribution >= 0.6 is 11.8 Å². The van der Waals surface area contributed by atoms with E-state index in [0.29, 0.717) is 32.8 Å². The first-order valence-electron chi connectivity index (χ1n) is 9.20. The third-order valence-electron chi connectivity index (χ3n) is 5.50. The number of H-pyrrole nitrogens is 1. The molecule has 3 nitrogen and oxygen atoms in total. The number of thioether (sulfide) groups is 1. The van der Waals surface area contributed by atoms with Crippen molar-refractivity contribution in [3.05, 3.63) is 94.8 Å². The summed E-state index contributed by atoms with van der Waals surface area (Å²) in [6, 6.07) is 11.2. The number of rotatable bonds is 1. The van der Waals surface area contributed by atoms with Gasteiger partial charge in [-0.2, -0.15) is 5.26 Å². The molecule has 30 heavy (non-hydrogen) atoms. The number of hydrogen-bond donors (Lipinski definition) is 2. The van der Waals surface area contributed by atoms with Gasteiger partial charge < -0.3 is 10.7 Å². The van der Waals surface area contributed by atoms with Gasteiger partial charge in [-0.25, -0.2) is 8.78 Å². The number of nitrogens with zero attached hydrogens (tertiary/aromatic N) is 1. The topological polar surface area (TPSA) is 65.6 Å². The van der Waals surface area contributed by atoms with Crippen LogP contribution in [0.5, 0.6) is 0 Å². The van der Waals surface area contributed by atoms with Crippen molar-refractivity contribution in [2.45, 2.75) is 4.90 Å². The summed E-state index contributed by atoms with van der Waals surface area (Å²) in [7, 11) is 0. The van der Waals surface area contributed by atoms with Crippen molar-refractivity contribution >= 4 is 27.8 Å². The molecule has 5 rings (SSSR count). The van der Waals surface area contributed by atoms with Gasteiger partial charge in [0.05, 0.1) is 23.0 Å². The Bertz CT molecular complexity index is 1370. The molecule has 1 aliphatic carbocycles. The highest BCUT2D eigenvalue weighted by Gasteiger charge is 2.35. The monoisotopic (exact) mass is 415 g/mol. The van der Waals surface area contributed by atoms with E-state index in [1.165, 1.54) is 36.0 Å². The molecule has 1 aromatic heterocycles. The highest BCUT2D eigenvalue weighted by Crippen LogP contribution is 2.56. The maximum absolute atomic E-state index is 14.1. The van der Waals surface area contributed by atoms with E-state index in [2.05, 4.69) is 24.2 Å². The number of benzene rings is 2. The summed E-state index contributed by atoms with van der Waals surface area (Å²) < 4.78 is 27.9. The highest BCUT2D eigenvalue weighted by atomic mass is 32.2. The number of nitriles is 1. The van der Waals surface area contributed by atoms with Gasteiger partial charge in [-0.3, -0.25) is 0 Å². The molecule has 3 N–H and O–H groups in total. The fraction of sp³-hybridized carbons (Fsp3) is 0.0417. The van der Waals surface area contributed by atoms with Gasteiger partial charge in [0.1, 0.15) is 11.6 Å². The second-order valence-electron chi connectivity index (χ2n) is 7.13. The quantitative estimate of drug-likeness (QED) is 0.392. The van der Waals surface area contributed by atoms with Crippen LogP contribution in [0.3, 0.4) is 0 Å².